The molecule has 2 amide bonds. The fourth-order valence-electron chi connectivity index (χ4n) is 1.85. The second-order valence-corrected chi connectivity index (χ2v) is 4.77. The van der Waals surface area contributed by atoms with Gasteiger partial charge in [0.25, 0.3) is 5.91 Å². The van der Waals surface area contributed by atoms with E-state index < -0.39 is 0 Å². The molecule has 1 rings (SSSR count). The Hall–Kier alpha value is -1.88. The molecule has 0 bridgehead atoms. The molecule has 20 heavy (non-hydrogen) atoms. The molecule has 0 spiro atoms. The summed E-state index contributed by atoms with van der Waals surface area (Å²) >= 11 is 0. The Balaban J connectivity index is 2.45. The summed E-state index contributed by atoms with van der Waals surface area (Å²) in [4.78, 5) is 23.1. The Morgan fingerprint density at radius 1 is 1.25 bits per heavy atom. The van der Waals surface area contributed by atoms with Crippen molar-refractivity contribution in [3.05, 3.63) is 35.4 Å². The van der Waals surface area contributed by atoms with E-state index in [4.69, 9.17) is 5.73 Å². The second-order valence-electron chi connectivity index (χ2n) is 4.77. The van der Waals surface area contributed by atoms with Gasteiger partial charge in [-0.25, -0.2) is 0 Å². The third-order valence-corrected chi connectivity index (χ3v) is 3.32. The minimum atomic E-state index is -0.116. The normalized spacial score (nSPS) is 11.8. The van der Waals surface area contributed by atoms with Crippen LogP contribution in [0, 0.1) is 5.92 Å². The molecule has 0 saturated carbocycles. The number of hydrogen-bond acceptors (Lipinski definition) is 3. The summed E-state index contributed by atoms with van der Waals surface area (Å²) in [5.41, 5.74) is 7.15. The van der Waals surface area contributed by atoms with Gasteiger partial charge in [-0.05, 0) is 30.2 Å². The van der Waals surface area contributed by atoms with E-state index in [9.17, 15) is 9.59 Å². The number of carbonyl (C=O) groups excluding carboxylic acids is 2. The predicted molar refractivity (Wildman–Crippen MR) is 79.1 cm³/mol. The van der Waals surface area contributed by atoms with Crippen LogP contribution >= 0.6 is 0 Å². The van der Waals surface area contributed by atoms with Gasteiger partial charge in [0.05, 0.1) is 0 Å². The third kappa shape index (κ3) is 5.01. The molecule has 0 radical (unpaired) electrons. The first-order chi connectivity index (χ1) is 9.60. The smallest absolute Gasteiger partial charge is 0.251 e. The van der Waals surface area contributed by atoms with E-state index >= 15 is 0 Å². The molecule has 1 aromatic carbocycles. The Bertz CT molecular complexity index is 439. The van der Waals surface area contributed by atoms with Gasteiger partial charge in [0.15, 0.2) is 0 Å². The first kappa shape index (κ1) is 16.2. The summed E-state index contributed by atoms with van der Waals surface area (Å²) in [6, 6.07) is 7.17. The van der Waals surface area contributed by atoms with Crippen LogP contribution in [-0.2, 0) is 11.3 Å². The highest BCUT2D eigenvalue weighted by molar-refractivity contribution is 5.93. The number of benzene rings is 1. The van der Waals surface area contributed by atoms with Crippen LogP contribution in [0.1, 0.15) is 35.7 Å². The van der Waals surface area contributed by atoms with Gasteiger partial charge in [-0.2, -0.15) is 0 Å². The Kier molecular flexibility index (Phi) is 6.73. The SMILES string of the molecule is CCC(CN)CC(=O)NCc1ccc(C(=O)NC)cc1. The molecule has 0 aliphatic carbocycles. The zero-order valence-corrected chi connectivity index (χ0v) is 12.1. The van der Waals surface area contributed by atoms with Crippen molar-refractivity contribution in [3.63, 3.8) is 0 Å². The Morgan fingerprint density at radius 2 is 1.90 bits per heavy atom. The van der Waals surface area contributed by atoms with Gasteiger partial charge in [0, 0.05) is 25.6 Å². The van der Waals surface area contributed by atoms with Crippen molar-refractivity contribution in [1.82, 2.24) is 10.6 Å². The van der Waals surface area contributed by atoms with Gasteiger partial charge >= 0.3 is 0 Å². The summed E-state index contributed by atoms with van der Waals surface area (Å²) in [6.07, 6.45) is 1.37. The van der Waals surface area contributed by atoms with Gasteiger partial charge in [-0.15, -0.1) is 0 Å². The van der Waals surface area contributed by atoms with Crippen LogP contribution in [0.4, 0.5) is 0 Å². The van der Waals surface area contributed by atoms with Crippen molar-refractivity contribution in [1.29, 1.82) is 0 Å². The molecule has 1 unspecified atom stereocenters. The molecular formula is C15H23N3O2. The van der Waals surface area contributed by atoms with Crippen LogP contribution in [0.3, 0.4) is 0 Å². The number of nitrogens with one attached hydrogen (secondary N) is 2. The third-order valence-electron chi connectivity index (χ3n) is 3.32. The van der Waals surface area contributed by atoms with Crippen LogP contribution in [0.25, 0.3) is 0 Å². The van der Waals surface area contributed by atoms with Gasteiger partial charge in [0.2, 0.25) is 5.91 Å². The second kappa shape index (κ2) is 8.32. The van der Waals surface area contributed by atoms with Crippen molar-refractivity contribution >= 4 is 11.8 Å². The van der Waals surface area contributed by atoms with Crippen LogP contribution in [-0.4, -0.2) is 25.4 Å². The first-order valence-corrected chi connectivity index (χ1v) is 6.88. The standard InChI is InChI=1S/C15H23N3O2/c1-3-11(9-16)8-14(19)18-10-12-4-6-13(7-5-12)15(20)17-2/h4-7,11H,3,8-10,16H2,1-2H3,(H,17,20)(H,18,19). The van der Waals surface area contributed by atoms with E-state index in [1.807, 2.05) is 19.1 Å². The van der Waals surface area contributed by atoms with E-state index in [0.29, 0.717) is 25.1 Å². The van der Waals surface area contributed by atoms with E-state index in [-0.39, 0.29) is 17.7 Å². The van der Waals surface area contributed by atoms with E-state index in [0.717, 1.165) is 12.0 Å². The van der Waals surface area contributed by atoms with Crippen molar-refractivity contribution in [2.75, 3.05) is 13.6 Å². The van der Waals surface area contributed by atoms with Crippen LogP contribution < -0.4 is 16.4 Å². The minimum Gasteiger partial charge on any atom is -0.355 e. The molecule has 0 aromatic heterocycles. The van der Waals surface area contributed by atoms with E-state index in [1.165, 1.54) is 0 Å². The fourth-order valence-corrected chi connectivity index (χ4v) is 1.85. The Morgan fingerprint density at radius 3 is 2.40 bits per heavy atom. The monoisotopic (exact) mass is 277 g/mol. The average Bonchev–Trinajstić information content (AvgIpc) is 2.50. The molecule has 1 atom stereocenters. The highest BCUT2D eigenvalue weighted by Crippen LogP contribution is 2.07. The van der Waals surface area contributed by atoms with Gasteiger partial charge in [-0.3, -0.25) is 9.59 Å². The number of carbonyl (C=O) groups is 2. The quantitative estimate of drug-likeness (QED) is 0.696. The highest BCUT2D eigenvalue weighted by atomic mass is 16.2. The van der Waals surface area contributed by atoms with Gasteiger partial charge in [-0.1, -0.05) is 25.5 Å². The lowest BCUT2D eigenvalue weighted by molar-refractivity contribution is -0.122. The maximum Gasteiger partial charge on any atom is 0.251 e. The molecule has 4 N–H and O–H groups in total. The van der Waals surface area contributed by atoms with E-state index in [1.54, 1.807) is 19.2 Å². The van der Waals surface area contributed by atoms with Crippen molar-refractivity contribution in [3.8, 4) is 0 Å². The van der Waals surface area contributed by atoms with E-state index in [2.05, 4.69) is 10.6 Å². The topological polar surface area (TPSA) is 84.2 Å². The number of hydrogen-bond donors (Lipinski definition) is 3. The lowest BCUT2D eigenvalue weighted by Crippen LogP contribution is -2.27. The zero-order valence-electron chi connectivity index (χ0n) is 12.1. The number of amides is 2. The summed E-state index contributed by atoms with van der Waals surface area (Å²) in [5, 5.41) is 5.43. The molecule has 110 valence electrons. The van der Waals surface area contributed by atoms with Crippen LogP contribution in [0.5, 0.6) is 0 Å². The Labute approximate surface area is 119 Å². The first-order valence-electron chi connectivity index (χ1n) is 6.88. The zero-order chi connectivity index (χ0) is 15.0. The molecule has 0 aliphatic rings. The summed E-state index contributed by atoms with van der Waals surface area (Å²) in [7, 11) is 1.60. The molecule has 0 fully saturated rings. The largest absolute Gasteiger partial charge is 0.355 e. The average molecular weight is 277 g/mol. The lowest BCUT2D eigenvalue weighted by Gasteiger charge is -2.12. The molecule has 0 aliphatic heterocycles. The highest BCUT2D eigenvalue weighted by Gasteiger charge is 2.10. The minimum absolute atomic E-state index is 0.0117. The fraction of sp³-hybridized carbons (Fsp3) is 0.467. The molecule has 0 saturated heterocycles. The molecule has 0 heterocycles. The predicted octanol–water partition coefficient (Wildman–Crippen LogP) is 1.04. The van der Waals surface area contributed by atoms with Gasteiger partial charge < -0.3 is 16.4 Å². The summed E-state index contributed by atoms with van der Waals surface area (Å²) in [5.74, 6) is 0.137. The van der Waals surface area contributed by atoms with Crippen molar-refractivity contribution in [2.45, 2.75) is 26.3 Å². The molecular weight excluding hydrogens is 254 g/mol. The van der Waals surface area contributed by atoms with Crippen molar-refractivity contribution < 1.29 is 9.59 Å². The lowest BCUT2D eigenvalue weighted by atomic mass is 10.0. The van der Waals surface area contributed by atoms with Crippen LogP contribution in [0.2, 0.25) is 0 Å². The number of nitrogens with two attached hydrogens (primary N) is 1. The van der Waals surface area contributed by atoms with Crippen LogP contribution in [0.15, 0.2) is 24.3 Å². The molecule has 1 aromatic rings. The number of rotatable bonds is 7. The maximum atomic E-state index is 11.7. The van der Waals surface area contributed by atoms with Gasteiger partial charge in [0.1, 0.15) is 0 Å². The summed E-state index contributed by atoms with van der Waals surface area (Å²) in [6.45, 7) is 3.03. The van der Waals surface area contributed by atoms with Crippen molar-refractivity contribution in [2.24, 2.45) is 11.7 Å². The maximum absolute atomic E-state index is 11.7. The molecule has 5 nitrogen and oxygen atoms in total. The summed E-state index contributed by atoms with van der Waals surface area (Å²) < 4.78 is 0. The molecule has 5 heteroatoms.